The number of halogens is 2. The zero-order chi connectivity index (χ0) is 18.7. The predicted molar refractivity (Wildman–Crippen MR) is 104 cm³/mol. The van der Waals surface area contributed by atoms with Gasteiger partial charge in [-0.3, -0.25) is 4.79 Å². The van der Waals surface area contributed by atoms with Crippen molar-refractivity contribution in [3.05, 3.63) is 69.8 Å². The molecular formula is C18H15Cl2N5O. The smallest absolute Gasteiger partial charge is 0.248 e. The minimum absolute atomic E-state index is 0.255. The standard InChI is InChI=1S/C18H15Cl2N5O/c19-13-2-1-3-14(20)12(13)8-24-18-16(21)23-9-15(25-18)10-4-6-11(7-5-10)17(22)26/h1-7,9H,8H2,(H2,21,23)(H2,22,26)(H,24,25). The van der Waals surface area contributed by atoms with Crippen molar-refractivity contribution in [1.29, 1.82) is 0 Å². The van der Waals surface area contributed by atoms with E-state index < -0.39 is 5.91 Å². The molecule has 0 saturated carbocycles. The highest BCUT2D eigenvalue weighted by Crippen LogP contribution is 2.26. The first-order chi connectivity index (χ1) is 12.5. The van der Waals surface area contributed by atoms with E-state index in [9.17, 15) is 4.79 Å². The van der Waals surface area contributed by atoms with Crippen LogP contribution in [-0.4, -0.2) is 15.9 Å². The average molecular weight is 388 g/mol. The number of primary amides is 1. The van der Waals surface area contributed by atoms with Gasteiger partial charge in [-0.15, -0.1) is 0 Å². The molecule has 0 spiro atoms. The summed E-state index contributed by atoms with van der Waals surface area (Å²) in [6.45, 7) is 0.349. The summed E-state index contributed by atoms with van der Waals surface area (Å²) >= 11 is 12.3. The zero-order valence-electron chi connectivity index (χ0n) is 13.5. The molecule has 3 rings (SSSR count). The lowest BCUT2D eigenvalue weighted by molar-refractivity contribution is 0.100. The number of nitrogens with zero attached hydrogens (tertiary/aromatic N) is 2. The number of nitrogens with one attached hydrogen (secondary N) is 1. The lowest BCUT2D eigenvalue weighted by Gasteiger charge is -2.12. The molecule has 5 N–H and O–H groups in total. The van der Waals surface area contributed by atoms with E-state index >= 15 is 0 Å². The average Bonchev–Trinajstić information content (AvgIpc) is 2.63. The number of hydrogen-bond acceptors (Lipinski definition) is 5. The van der Waals surface area contributed by atoms with Crippen LogP contribution >= 0.6 is 23.2 Å². The van der Waals surface area contributed by atoms with Gasteiger partial charge in [0.05, 0.1) is 11.9 Å². The van der Waals surface area contributed by atoms with Crippen LogP contribution in [0.2, 0.25) is 10.0 Å². The number of nitrogens with two attached hydrogens (primary N) is 2. The SMILES string of the molecule is NC(=O)c1ccc(-c2cnc(N)c(NCc3c(Cl)cccc3Cl)n2)cc1. The van der Waals surface area contributed by atoms with Gasteiger partial charge in [0.25, 0.3) is 0 Å². The molecule has 26 heavy (non-hydrogen) atoms. The molecule has 0 aliphatic carbocycles. The molecule has 1 amide bonds. The second-order valence-corrected chi connectivity index (χ2v) is 6.30. The third-order valence-electron chi connectivity index (χ3n) is 3.76. The minimum atomic E-state index is -0.487. The maximum Gasteiger partial charge on any atom is 0.248 e. The van der Waals surface area contributed by atoms with Crippen LogP contribution < -0.4 is 16.8 Å². The molecule has 0 aliphatic rings. The summed E-state index contributed by atoms with van der Waals surface area (Å²) in [5.74, 6) is 0.182. The molecular weight excluding hydrogens is 373 g/mol. The van der Waals surface area contributed by atoms with E-state index in [-0.39, 0.29) is 5.82 Å². The van der Waals surface area contributed by atoms with Gasteiger partial charge in [-0.05, 0) is 24.3 Å². The summed E-state index contributed by atoms with van der Waals surface area (Å²) in [7, 11) is 0. The van der Waals surface area contributed by atoms with E-state index in [1.165, 1.54) is 0 Å². The molecule has 6 nitrogen and oxygen atoms in total. The molecule has 3 aromatic rings. The summed E-state index contributed by atoms with van der Waals surface area (Å²) in [6.07, 6.45) is 1.56. The van der Waals surface area contributed by atoms with Crippen molar-refractivity contribution in [2.75, 3.05) is 11.1 Å². The monoisotopic (exact) mass is 387 g/mol. The van der Waals surface area contributed by atoms with Crippen molar-refractivity contribution in [3.63, 3.8) is 0 Å². The Morgan fingerprint density at radius 3 is 2.35 bits per heavy atom. The molecule has 0 aliphatic heterocycles. The highest BCUT2D eigenvalue weighted by molar-refractivity contribution is 6.36. The molecule has 8 heteroatoms. The quantitative estimate of drug-likeness (QED) is 0.617. The second kappa shape index (κ2) is 7.59. The Morgan fingerprint density at radius 1 is 1.08 bits per heavy atom. The predicted octanol–water partition coefficient (Wildman–Crippen LogP) is 3.74. The van der Waals surface area contributed by atoms with Gasteiger partial charge >= 0.3 is 0 Å². The number of rotatable bonds is 5. The van der Waals surface area contributed by atoms with E-state index in [0.29, 0.717) is 33.7 Å². The molecule has 1 heterocycles. The van der Waals surface area contributed by atoms with Gasteiger partial charge in [0.1, 0.15) is 0 Å². The number of benzene rings is 2. The molecule has 0 fully saturated rings. The van der Waals surface area contributed by atoms with Crippen LogP contribution in [0.25, 0.3) is 11.3 Å². The highest BCUT2D eigenvalue weighted by Gasteiger charge is 2.10. The van der Waals surface area contributed by atoms with Crippen molar-refractivity contribution in [2.45, 2.75) is 6.54 Å². The maximum absolute atomic E-state index is 11.2. The van der Waals surface area contributed by atoms with Crippen molar-refractivity contribution in [2.24, 2.45) is 5.73 Å². The Morgan fingerprint density at radius 2 is 1.73 bits per heavy atom. The number of carbonyl (C=O) groups is 1. The van der Waals surface area contributed by atoms with Gasteiger partial charge in [0.15, 0.2) is 11.6 Å². The van der Waals surface area contributed by atoms with E-state index in [0.717, 1.165) is 11.1 Å². The fourth-order valence-electron chi connectivity index (χ4n) is 2.35. The molecule has 132 valence electrons. The van der Waals surface area contributed by atoms with Crippen molar-refractivity contribution < 1.29 is 4.79 Å². The minimum Gasteiger partial charge on any atom is -0.381 e. The van der Waals surface area contributed by atoms with Crippen molar-refractivity contribution in [3.8, 4) is 11.3 Å². The Bertz CT molecular complexity index is 940. The van der Waals surface area contributed by atoms with Gasteiger partial charge < -0.3 is 16.8 Å². The van der Waals surface area contributed by atoms with Crippen LogP contribution in [0, 0.1) is 0 Å². The van der Waals surface area contributed by atoms with Crippen LogP contribution in [-0.2, 0) is 6.54 Å². The maximum atomic E-state index is 11.2. The van der Waals surface area contributed by atoms with Crippen LogP contribution in [0.1, 0.15) is 15.9 Å². The van der Waals surface area contributed by atoms with Gasteiger partial charge in [0.2, 0.25) is 5.91 Å². The Hall–Kier alpha value is -2.83. The van der Waals surface area contributed by atoms with E-state index in [2.05, 4.69) is 15.3 Å². The second-order valence-electron chi connectivity index (χ2n) is 5.48. The number of aromatic nitrogens is 2. The van der Waals surface area contributed by atoms with E-state index in [1.807, 2.05) is 0 Å². The molecule has 0 unspecified atom stereocenters. The number of amides is 1. The fourth-order valence-corrected chi connectivity index (χ4v) is 2.88. The summed E-state index contributed by atoms with van der Waals surface area (Å²) in [6, 6.07) is 12.0. The summed E-state index contributed by atoms with van der Waals surface area (Å²) < 4.78 is 0. The number of carbonyl (C=O) groups excluding carboxylic acids is 1. The van der Waals surface area contributed by atoms with Gasteiger partial charge in [-0.1, -0.05) is 41.4 Å². The molecule has 0 saturated heterocycles. The third kappa shape index (κ3) is 3.87. The molecule has 0 atom stereocenters. The summed E-state index contributed by atoms with van der Waals surface area (Å²) in [4.78, 5) is 19.8. The Labute approximate surface area is 160 Å². The first-order valence-electron chi connectivity index (χ1n) is 7.65. The topological polar surface area (TPSA) is 107 Å². The van der Waals surface area contributed by atoms with Gasteiger partial charge in [-0.2, -0.15) is 0 Å². The molecule has 0 radical (unpaired) electrons. The summed E-state index contributed by atoms with van der Waals surface area (Å²) in [5, 5.41) is 4.21. The van der Waals surface area contributed by atoms with E-state index in [4.69, 9.17) is 34.7 Å². The summed E-state index contributed by atoms with van der Waals surface area (Å²) in [5.41, 5.74) is 13.7. The number of hydrogen-bond donors (Lipinski definition) is 3. The van der Waals surface area contributed by atoms with Crippen molar-refractivity contribution in [1.82, 2.24) is 9.97 Å². The van der Waals surface area contributed by atoms with Crippen molar-refractivity contribution >= 4 is 40.7 Å². The highest BCUT2D eigenvalue weighted by atomic mass is 35.5. The van der Waals surface area contributed by atoms with Gasteiger partial charge in [-0.25, -0.2) is 9.97 Å². The number of nitrogen functional groups attached to an aromatic ring is 1. The Kier molecular flexibility index (Phi) is 5.25. The zero-order valence-corrected chi connectivity index (χ0v) is 15.1. The lowest BCUT2D eigenvalue weighted by atomic mass is 10.1. The van der Waals surface area contributed by atoms with E-state index in [1.54, 1.807) is 48.7 Å². The van der Waals surface area contributed by atoms with Gasteiger partial charge in [0, 0.05) is 33.3 Å². The van der Waals surface area contributed by atoms with Crippen LogP contribution in [0.15, 0.2) is 48.7 Å². The van der Waals surface area contributed by atoms with Crippen LogP contribution in [0.3, 0.4) is 0 Å². The molecule has 0 bridgehead atoms. The lowest BCUT2D eigenvalue weighted by Crippen LogP contribution is -2.10. The normalized spacial score (nSPS) is 10.5. The van der Waals surface area contributed by atoms with Crippen LogP contribution in [0.4, 0.5) is 11.6 Å². The fraction of sp³-hybridized carbons (Fsp3) is 0.0556. The first kappa shape index (κ1) is 18.0. The van der Waals surface area contributed by atoms with Crippen LogP contribution in [0.5, 0.6) is 0 Å². The Balaban J connectivity index is 1.85. The third-order valence-corrected chi connectivity index (χ3v) is 4.47. The molecule has 2 aromatic carbocycles. The molecule has 1 aromatic heterocycles. The largest absolute Gasteiger partial charge is 0.381 e. The first-order valence-corrected chi connectivity index (χ1v) is 8.41. The number of anilines is 2.